The minimum absolute atomic E-state index is 2.05. The Morgan fingerprint density at radius 2 is 0.727 bits per heavy atom. The molecule has 0 fully saturated rings. The predicted octanol–water partition coefficient (Wildman–Crippen LogP) is 4.60. The molecule has 0 saturated carbocycles. The van der Waals surface area contributed by atoms with E-state index in [1.165, 1.54) is 0 Å². The van der Waals surface area contributed by atoms with Crippen LogP contribution in [0.1, 0.15) is 0 Å². The zero-order valence-corrected chi connectivity index (χ0v) is 21.4. The summed E-state index contributed by atoms with van der Waals surface area (Å²) in [6.07, 6.45) is -20.9. The van der Waals surface area contributed by atoms with Crippen LogP contribution < -0.4 is 0 Å². The summed E-state index contributed by atoms with van der Waals surface area (Å²) in [4.78, 5) is 0. The normalized spacial score (nSPS) is 16.2. The van der Waals surface area contributed by atoms with Gasteiger partial charge < -0.3 is 5.11 Å². The third-order valence-electron chi connectivity index (χ3n) is 2.96. The number of aliphatic hydroxyl groups excluding tert-OH is 1. The number of halogens is 21. The molecule has 0 saturated heterocycles. The summed E-state index contributed by atoms with van der Waals surface area (Å²) in [5.41, 5.74) is -18.6. The van der Waals surface area contributed by atoms with Gasteiger partial charge in [0.25, 0.3) is 12.3 Å². The van der Waals surface area contributed by atoms with Crippen molar-refractivity contribution in [2.75, 3.05) is 13.2 Å². The van der Waals surface area contributed by atoms with E-state index in [4.69, 9.17) is 5.11 Å². The molecule has 0 aliphatic rings. The molecule has 0 aliphatic carbocycles. The molecule has 0 heterocycles. The summed E-state index contributed by atoms with van der Waals surface area (Å²) >= 11 is 0. The molecular formula is C11H7F21O9S3. The van der Waals surface area contributed by atoms with Gasteiger partial charge in [0.2, 0.25) is 0 Å². The molecule has 0 amide bonds. The smallest absolute Gasteiger partial charge is 0.390 e. The fraction of sp³-hybridized carbons (Fsp3) is 1.00. The van der Waals surface area contributed by atoms with E-state index in [1.807, 2.05) is 3.63 Å². The first-order chi connectivity index (χ1) is 18.5. The van der Waals surface area contributed by atoms with Crippen LogP contribution in [0.5, 0.6) is 0 Å². The van der Waals surface area contributed by atoms with Gasteiger partial charge in [0.05, 0.1) is 0 Å². The lowest BCUT2D eigenvalue weighted by atomic mass is 10.2. The van der Waals surface area contributed by atoms with E-state index in [0.717, 1.165) is 0 Å². The molecule has 270 valence electrons. The molecule has 2 unspecified atom stereocenters. The molecule has 0 spiro atoms. The predicted molar refractivity (Wildman–Crippen MR) is 90.8 cm³/mol. The molecule has 0 aromatic carbocycles. The molecule has 0 aliphatic heterocycles. The Bertz CT molecular complexity index is 1180. The van der Waals surface area contributed by atoms with Crippen LogP contribution in [0, 0.1) is 0 Å². The molecule has 1 N–H and O–H groups in total. The molecule has 44 heavy (non-hydrogen) atoms. The maximum absolute atomic E-state index is 12.4. The average Bonchev–Trinajstić information content (AvgIpc) is 2.73. The monoisotopic (exact) mass is 778 g/mol. The Labute approximate surface area is 227 Å². The zero-order chi connectivity index (χ0) is 37.0. The van der Waals surface area contributed by atoms with Crippen LogP contribution in [-0.2, 0) is 38.2 Å². The number of aliphatic hydroxyl groups is 1. The largest absolute Gasteiger partial charge is 0.524 e. The molecule has 0 radical (unpaired) electrons. The molecule has 0 aromatic heterocycles. The SMILES string of the molecule is O=S(=O)(OCC(F)(F)C(F)C(F)(F)F)C(F)(F)F.O=S(=O)(OS(=O)(=O)C(F)(F)F)C(F)(F)F.OCC(F)(F)C(F)C(F)(F)F. The summed E-state index contributed by atoms with van der Waals surface area (Å²) < 4.78 is 308. The molecule has 0 aromatic rings. The van der Waals surface area contributed by atoms with Crippen molar-refractivity contribution in [1.82, 2.24) is 0 Å². The van der Waals surface area contributed by atoms with Crippen molar-refractivity contribution in [3.63, 3.8) is 0 Å². The van der Waals surface area contributed by atoms with Gasteiger partial charge in [-0.25, -0.2) is 26.3 Å². The number of hydrogen-bond donors (Lipinski definition) is 1. The molecule has 0 bridgehead atoms. The lowest BCUT2D eigenvalue weighted by Crippen LogP contribution is -2.45. The van der Waals surface area contributed by atoms with Gasteiger partial charge in [-0.2, -0.15) is 91.1 Å². The van der Waals surface area contributed by atoms with Crippen LogP contribution in [0.25, 0.3) is 0 Å². The second kappa shape index (κ2) is 14.4. The quantitative estimate of drug-likeness (QED) is 0.213. The van der Waals surface area contributed by atoms with E-state index in [-0.39, 0.29) is 0 Å². The first kappa shape index (κ1) is 46.7. The highest BCUT2D eigenvalue weighted by molar-refractivity contribution is 8.00. The van der Waals surface area contributed by atoms with Gasteiger partial charge in [-0.15, -0.1) is 3.63 Å². The summed E-state index contributed by atoms with van der Waals surface area (Å²) in [6, 6.07) is 0. The summed E-state index contributed by atoms with van der Waals surface area (Å²) in [7, 11) is -20.2. The van der Waals surface area contributed by atoms with E-state index in [0.29, 0.717) is 0 Å². The van der Waals surface area contributed by atoms with Gasteiger partial charge in [-0.3, -0.25) is 4.18 Å². The lowest BCUT2D eigenvalue weighted by molar-refractivity contribution is -0.252. The molecular weight excluding hydrogens is 771 g/mol. The highest BCUT2D eigenvalue weighted by Crippen LogP contribution is 2.37. The number of hydrogen-bond acceptors (Lipinski definition) is 9. The first-order valence-electron chi connectivity index (χ1n) is 8.61. The topological polar surface area (TPSA) is 141 Å². The van der Waals surface area contributed by atoms with Crippen LogP contribution in [0.15, 0.2) is 0 Å². The maximum atomic E-state index is 12.4. The van der Waals surface area contributed by atoms with Gasteiger partial charge in [0.15, 0.2) is 0 Å². The van der Waals surface area contributed by atoms with E-state index in [1.54, 1.807) is 0 Å². The molecule has 0 rings (SSSR count). The average molecular weight is 778 g/mol. The van der Waals surface area contributed by atoms with Crippen molar-refractivity contribution in [2.24, 2.45) is 0 Å². The Morgan fingerprint density at radius 1 is 0.477 bits per heavy atom. The van der Waals surface area contributed by atoms with Crippen LogP contribution in [0.4, 0.5) is 92.2 Å². The second-order valence-electron chi connectivity index (χ2n) is 6.52. The third-order valence-corrected chi connectivity index (χ3v) is 6.53. The Kier molecular flexibility index (Phi) is 15.2. The van der Waals surface area contributed by atoms with Crippen LogP contribution >= 0.6 is 0 Å². The van der Waals surface area contributed by atoms with E-state index in [2.05, 4.69) is 4.18 Å². The highest BCUT2D eigenvalue weighted by Gasteiger charge is 2.60. The van der Waals surface area contributed by atoms with Gasteiger partial charge in [-0.1, -0.05) is 0 Å². The lowest BCUT2D eigenvalue weighted by Gasteiger charge is -2.22. The van der Waals surface area contributed by atoms with Gasteiger partial charge >= 0.3 is 71.1 Å². The molecule has 33 heteroatoms. The molecule has 2 atom stereocenters. The third kappa shape index (κ3) is 14.6. The zero-order valence-electron chi connectivity index (χ0n) is 18.9. The van der Waals surface area contributed by atoms with Gasteiger partial charge in [0, 0.05) is 0 Å². The van der Waals surface area contributed by atoms with Crippen molar-refractivity contribution in [1.29, 1.82) is 0 Å². The molecule has 9 nitrogen and oxygen atoms in total. The summed E-state index contributed by atoms with van der Waals surface area (Å²) in [5.74, 6) is -10.2. The fourth-order valence-electron chi connectivity index (χ4n) is 1.05. The van der Waals surface area contributed by atoms with Crippen molar-refractivity contribution in [3.05, 3.63) is 0 Å². The van der Waals surface area contributed by atoms with Crippen LogP contribution in [-0.4, -0.2) is 96.6 Å². The van der Waals surface area contributed by atoms with Crippen molar-refractivity contribution in [3.8, 4) is 0 Å². The van der Waals surface area contributed by atoms with E-state index >= 15 is 0 Å². The first-order valence-corrected chi connectivity index (χ1v) is 12.8. The van der Waals surface area contributed by atoms with Gasteiger partial charge in [-0.05, 0) is 0 Å². The maximum Gasteiger partial charge on any atom is 0.524 e. The van der Waals surface area contributed by atoms with Crippen LogP contribution in [0.2, 0.25) is 0 Å². The summed E-state index contributed by atoms with van der Waals surface area (Å²) in [5, 5.41) is 7.64. The summed E-state index contributed by atoms with van der Waals surface area (Å²) in [6.45, 7) is -5.08. The number of rotatable bonds is 8. The van der Waals surface area contributed by atoms with Crippen molar-refractivity contribution >= 4 is 30.4 Å². The van der Waals surface area contributed by atoms with E-state index in [9.17, 15) is 117 Å². The van der Waals surface area contributed by atoms with Crippen molar-refractivity contribution in [2.45, 2.75) is 53.1 Å². The standard InChI is InChI=1S/C5H3F9O3S.C4H4F6O.C2F6O5S2/c6-2(4(9,10)11)3(7,8)1-17-18(15,16)5(12,13)14;5-2(4(8,9)10)3(6,7)1-11;3-1(4,5)14(9,10)13-15(11,12)2(6,7)8/h2H,1H2;2,11H,1H2;. The fourth-order valence-corrected chi connectivity index (χ4v) is 3.06. The van der Waals surface area contributed by atoms with Crippen molar-refractivity contribution < 1.29 is 130 Å². The minimum atomic E-state index is -6.85. The Morgan fingerprint density at radius 3 is 0.909 bits per heavy atom. The van der Waals surface area contributed by atoms with E-state index < -0.39 is 96.6 Å². The second-order valence-corrected chi connectivity index (χ2v) is 11.4. The van der Waals surface area contributed by atoms with Gasteiger partial charge in [0.1, 0.15) is 13.2 Å². The minimum Gasteiger partial charge on any atom is -0.390 e. The Balaban J connectivity index is -0.000000590. The highest BCUT2D eigenvalue weighted by atomic mass is 32.3. The number of alkyl halides is 21. The van der Waals surface area contributed by atoms with Crippen LogP contribution in [0.3, 0.4) is 0 Å². The Hall–Kier alpha value is -1.74.